The van der Waals surface area contributed by atoms with Crippen LogP contribution in [0.2, 0.25) is 0 Å². The van der Waals surface area contributed by atoms with Crippen molar-refractivity contribution in [2.24, 2.45) is 0 Å². The highest BCUT2D eigenvalue weighted by Gasteiger charge is 2.24. The van der Waals surface area contributed by atoms with Crippen molar-refractivity contribution in [3.8, 4) is 5.75 Å². The van der Waals surface area contributed by atoms with E-state index in [1.54, 1.807) is 31.3 Å². The van der Waals surface area contributed by atoms with Gasteiger partial charge in [-0.05, 0) is 31.2 Å². The summed E-state index contributed by atoms with van der Waals surface area (Å²) >= 11 is 0. The quantitative estimate of drug-likeness (QED) is 0.462. The molecule has 7 heteroatoms. The Bertz CT molecular complexity index is 761. The fraction of sp³-hybridized carbons (Fsp3) is 0.176. The zero-order chi connectivity index (χ0) is 17.7. The molecule has 0 aliphatic rings. The van der Waals surface area contributed by atoms with E-state index in [0.717, 1.165) is 6.07 Å². The summed E-state index contributed by atoms with van der Waals surface area (Å²) in [5.41, 5.74) is 0.486. The normalized spacial score (nSPS) is 11.4. The molecule has 0 saturated heterocycles. The molecule has 0 aromatic heterocycles. The molecule has 0 saturated carbocycles. The Morgan fingerprint density at radius 1 is 1.25 bits per heavy atom. The number of para-hydroxylation sites is 1. The number of ether oxygens (including phenoxy) is 1. The molecule has 0 radical (unpaired) electrons. The van der Waals surface area contributed by atoms with Gasteiger partial charge in [-0.1, -0.05) is 18.2 Å². The first-order chi connectivity index (χ1) is 11.4. The molecule has 0 bridgehead atoms. The van der Waals surface area contributed by atoms with Gasteiger partial charge in [0.05, 0.1) is 4.92 Å². The average molecular weight is 328 g/mol. The van der Waals surface area contributed by atoms with Gasteiger partial charge in [-0.25, -0.2) is 0 Å². The summed E-state index contributed by atoms with van der Waals surface area (Å²) in [4.78, 5) is 35.0. The molecule has 24 heavy (non-hydrogen) atoms. The monoisotopic (exact) mass is 328 g/mol. The molecule has 0 fully saturated rings. The zero-order valence-electron chi connectivity index (χ0n) is 13.2. The first kappa shape index (κ1) is 17.1. The van der Waals surface area contributed by atoms with E-state index in [2.05, 4.69) is 0 Å². The third-order valence-corrected chi connectivity index (χ3v) is 3.44. The molecular formula is C17H16N2O5. The number of hydrogen-bond donors (Lipinski definition) is 0. The van der Waals surface area contributed by atoms with E-state index in [4.69, 9.17) is 4.74 Å². The molecule has 0 heterocycles. The summed E-state index contributed by atoms with van der Waals surface area (Å²) in [6, 6.07) is 12.8. The topological polar surface area (TPSA) is 89.7 Å². The van der Waals surface area contributed by atoms with Gasteiger partial charge in [-0.3, -0.25) is 19.7 Å². The molecule has 0 aliphatic heterocycles. The number of aldehydes is 1. The number of hydrogen-bond acceptors (Lipinski definition) is 5. The van der Waals surface area contributed by atoms with E-state index in [9.17, 15) is 19.7 Å². The summed E-state index contributed by atoms with van der Waals surface area (Å²) in [7, 11) is 1.60. The van der Waals surface area contributed by atoms with Crippen LogP contribution in [0, 0.1) is 10.1 Å². The second-order valence-corrected chi connectivity index (χ2v) is 5.10. The van der Waals surface area contributed by atoms with Crippen LogP contribution in [0.25, 0.3) is 0 Å². The molecule has 0 aliphatic carbocycles. The van der Waals surface area contributed by atoms with Crippen molar-refractivity contribution in [1.82, 2.24) is 0 Å². The molecule has 124 valence electrons. The Hall–Kier alpha value is -3.22. The maximum absolute atomic E-state index is 12.4. The van der Waals surface area contributed by atoms with Crippen LogP contribution in [0.15, 0.2) is 48.5 Å². The van der Waals surface area contributed by atoms with E-state index in [0.29, 0.717) is 12.0 Å². The number of benzene rings is 2. The van der Waals surface area contributed by atoms with Gasteiger partial charge in [-0.2, -0.15) is 0 Å². The van der Waals surface area contributed by atoms with Crippen LogP contribution in [0.4, 0.5) is 11.4 Å². The van der Waals surface area contributed by atoms with Crippen LogP contribution in [0.1, 0.15) is 17.3 Å². The molecule has 7 nitrogen and oxygen atoms in total. The summed E-state index contributed by atoms with van der Waals surface area (Å²) in [5, 5.41) is 11.1. The van der Waals surface area contributed by atoms with Crippen LogP contribution in [-0.4, -0.2) is 30.3 Å². The van der Waals surface area contributed by atoms with Crippen LogP contribution in [0.3, 0.4) is 0 Å². The van der Waals surface area contributed by atoms with Crippen molar-refractivity contribution < 1.29 is 19.2 Å². The standard InChI is InChI=1S/C17H16N2O5/c1-12(17(21)18(2)14-6-4-3-5-7-14)24-16-9-8-13(11-20)10-15(16)19(22)23/h3-12H,1-2H3/t12-/m0/s1. The molecule has 2 aromatic rings. The van der Waals surface area contributed by atoms with Gasteiger partial charge in [0, 0.05) is 24.4 Å². The average Bonchev–Trinajstić information content (AvgIpc) is 2.61. The Morgan fingerprint density at radius 3 is 2.50 bits per heavy atom. The van der Waals surface area contributed by atoms with Gasteiger partial charge in [0.15, 0.2) is 11.9 Å². The van der Waals surface area contributed by atoms with Crippen molar-refractivity contribution >= 4 is 23.6 Å². The van der Waals surface area contributed by atoms with Crippen molar-refractivity contribution in [3.63, 3.8) is 0 Å². The minimum Gasteiger partial charge on any atom is -0.474 e. The number of nitro benzene ring substituents is 1. The van der Waals surface area contributed by atoms with E-state index in [1.807, 2.05) is 6.07 Å². The van der Waals surface area contributed by atoms with Gasteiger partial charge in [0.1, 0.15) is 6.29 Å². The minimum absolute atomic E-state index is 0.0621. The first-order valence-corrected chi connectivity index (χ1v) is 7.17. The Labute approximate surface area is 138 Å². The second-order valence-electron chi connectivity index (χ2n) is 5.10. The number of anilines is 1. The van der Waals surface area contributed by atoms with E-state index >= 15 is 0 Å². The highest BCUT2D eigenvalue weighted by atomic mass is 16.6. The van der Waals surface area contributed by atoms with Crippen molar-refractivity contribution in [3.05, 3.63) is 64.2 Å². The molecule has 1 amide bonds. The van der Waals surface area contributed by atoms with Gasteiger partial charge >= 0.3 is 5.69 Å². The number of amides is 1. The lowest BCUT2D eigenvalue weighted by atomic mass is 10.2. The third-order valence-electron chi connectivity index (χ3n) is 3.44. The van der Waals surface area contributed by atoms with Crippen LogP contribution in [-0.2, 0) is 4.79 Å². The smallest absolute Gasteiger partial charge is 0.311 e. The van der Waals surface area contributed by atoms with Gasteiger partial charge < -0.3 is 9.64 Å². The summed E-state index contributed by atoms with van der Waals surface area (Å²) in [5.74, 6) is -0.414. The van der Waals surface area contributed by atoms with Gasteiger partial charge in [0.2, 0.25) is 0 Å². The second kappa shape index (κ2) is 7.36. The minimum atomic E-state index is -0.934. The molecule has 1 atom stereocenters. The number of nitrogens with zero attached hydrogens (tertiary/aromatic N) is 2. The number of rotatable bonds is 6. The maximum atomic E-state index is 12.4. The lowest BCUT2D eigenvalue weighted by molar-refractivity contribution is -0.386. The summed E-state index contributed by atoms with van der Waals surface area (Å²) in [6.07, 6.45) is -0.426. The fourth-order valence-electron chi connectivity index (χ4n) is 2.14. The lowest BCUT2D eigenvalue weighted by Crippen LogP contribution is -2.38. The number of carbonyl (C=O) groups excluding carboxylic acids is 2. The predicted molar refractivity (Wildman–Crippen MR) is 88.4 cm³/mol. The number of nitro groups is 1. The Kier molecular flexibility index (Phi) is 5.26. The Morgan fingerprint density at radius 2 is 1.92 bits per heavy atom. The molecule has 2 aromatic carbocycles. The first-order valence-electron chi connectivity index (χ1n) is 7.17. The van der Waals surface area contributed by atoms with Crippen LogP contribution < -0.4 is 9.64 Å². The Balaban J connectivity index is 2.20. The van der Waals surface area contributed by atoms with E-state index in [-0.39, 0.29) is 22.9 Å². The van der Waals surface area contributed by atoms with Crippen LogP contribution >= 0.6 is 0 Å². The molecule has 2 rings (SSSR count). The lowest BCUT2D eigenvalue weighted by Gasteiger charge is -2.22. The van der Waals surface area contributed by atoms with Gasteiger partial charge in [-0.15, -0.1) is 0 Å². The predicted octanol–water partition coefficient (Wildman–Crippen LogP) is 2.84. The van der Waals surface area contributed by atoms with Gasteiger partial charge in [0.25, 0.3) is 5.91 Å². The van der Waals surface area contributed by atoms with Crippen molar-refractivity contribution in [2.75, 3.05) is 11.9 Å². The molecular weight excluding hydrogens is 312 g/mol. The molecule has 0 spiro atoms. The van der Waals surface area contributed by atoms with Crippen molar-refractivity contribution in [2.45, 2.75) is 13.0 Å². The van der Waals surface area contributed by atoms with E-state index < -0.39 is 11.0 Å². The molecule has 0 unspecified atom stereocenters. The highest BCUT2D eigenvalue weighted by Crippen LogP contribution is 2.29. The van der Waals surface area contributed by atoms with E-state index in [1.165, 1.54) is 24.0 Å². The van der Waals surface area contributed by atoms with Crippen molar-refractivity contribution in [1.29, 1.82) is 0 Å². The third kappa shape index (κ3) is 3.75. The summed E-state index contributed by atoms with van der Waals surface area (Å²) < 4.78 is 5.46. The largest absolute Gasteiger partial charge is 0.474 e. The SMILES string of the molecule is C[C@H](Oc1ccc(C=O)cc1[N+](=O)[O-])C(=O)N(C)c1ccccc1. The van der Waals surface area contributed by atoms with Crippen LogP contribution in [0.5, 0.6) is 5.75 Å². The fourth-order valence-corrected chi connectivity index (χ4v) is 2.14. The maximum Gasteiger partial charge on any atom is 0.311 e. The molecule has 0 N–H and O–H groups in total. The summed E-state index contributed by atoms with van der Waals surface area (Å²) in [6.45, 7) is 1.51. The highest BCUT2D eigenvalue weighted by molar-refractivity contribution is 5.96. The number of likely N-dealkylation sites (N-methyl/N-ethyl adjacent to an activating group) is 1. The number of carbonyl (C=O) groups is 2. The zero-order valence-corrected chi connectivity index (χ0v) is 13.2.